The summed E-state index contributed by atoms with van der Waals surface area (Å²) in [6.07, 6.45) is 2.48. The van der Waals surface area contributed by atoms with E-state index in [2.05, 4.69) is 29.3 Å². The van der Waals surface area contributed by atoms with Gasteiger partial charge < -0.3 is 20.2 Å². The smallest absolute Gasteiger partial charge is 0.321 e. The van der Waals surface area contributed by atoms with Gasteiger partial charge in [0, 0.05) is 38.1 Å². The van der Waals surface area contributed by atoms with E-state index >= 15 is 0 Å². The van der Waals surface area contributed by atoms with Crippen LogP contribution in [0.5, 0.6) is 0 Å². The highest BCUT2D eigenvalue weighted by molar-refractivity contribution is 5.89. The van der Waals surface area contributed by atoms with Crippen molar-refractivity contribution in [2.24, 2.45) is 5.92 Å². The minimum absolute atomic E-state index is 0.0315. The highest BCUT2D eigenvalue weighted by Crippen LogP contribution is 2.24. The maximum absolute atomic E-state index is 11.8. The van der Waals surface area contributed by atoms with Gasteiger partial charge in [-0.15, -0.1) is 0 Å². The molecule has 116 valence electrons. The van der Waals surface area contributed by atoms with Gasteiger partial charge in [-0.25, -0.2) is 4.79 Å². The van der Waals surface area contributed by atoms with Crippen molar-refractivity contribution in [1.29, 1.82) is 0 Å². The number of likely N-dealkylation sites (N-methyl/N-ethyl adjacent to an activating group) is 1. The number of carbonyl (C=O) groups excluding carboxylic acids is 1. The summed E-state index contributed by atoms with van der Waals surface area (Å²) >= 11 is 0. The molecule has 1 aromatic carbocycles. The minimum Gasteiger partial charge on any atom is -0.395 e. The zero-order valence-electron chi connectivity index (χ0n) is 12.9. The molecule has 5 heteroatoms. The van der Waals surface area contributed by atoms with Gasteiger partial charge in [0.25, 0.3) is 0 Å². The van der Waals surface area contributed by atoms with E-state index in [1.807, 2.05) is 12.1 Å². The van der Waals surface area contributed by atoms with E-state index in [0.717, 1.165) is 24.7 Å². The number of carbonyl (C=O) groups is 1. The molecule has 0 bridgehead atoms. The van der Waals surface area contributed by atoms with Crippen LogP contribution in [0.1, 0.15) is 19.8 Å². The largest absolute Gasteiger partial charge is 0.395 e. The molecule has 1 aliphatic heterocycles. The lowest BCUT2D eigenvalue weighted by atomic mass is 9.99. The van der Waals surface area contributed by atoms with Crippen LogP contribution in [0.3, 0.4) is 0 Å². The van der Waals surface area contributed by atoms with E-state index in [1.165, 1.54) is 23.4 Å². The van der Waals surface area contributed by atoms with Crippen LogP contribution in [0, 0.1) is 5.92 Å². The molecule has 0 atom stereocenters. The molecule has 1 aromatic rings. The second-order valence-electron chi connectivity index (χ2n) is 5.79. The average molecular weight is 291 g/mol. The number of aliphatic hydroxyl groups excluding tert-OH is 1. The summed E-state index contributed by atoms with van der Waals surface area (Å²) in [5.41, 5.74) is 1.99. The number of aliphatic hydroxyl groups is 1. The van der Waals surface area contributed by atoms with Gasteiger partial charge in [0.15, 0.2) is 0 Å². The lowest BCUT2D eigenvalue weighted by molar-refractivity contribution is 0.202. The fourth-order valence-electron chi connectivity index (χ4n) is 2.49. The molecular formula is C16H25N3O2. The predicted octanol–water partition coefficient (Wildman–Crippen LogP) is 2.38. The molecule has 0 radical (unpaired) electrons. The summed E-state index contributed by atoms with van der Waals surface area (Å²) < 4.78 is 0. The van der Waals surface area contributed by atoms with E-state index in [0.29, 0.717) is 6.54 Å². The van der Waals surface area contributed by atoms with E-state index in [9.17, 15) is 4.79 Å². The number of rotatable bonds is 4. The molecule has 0 saturated carbocycles. The Hall–Kier alpha value is -1.75. The first-order valence-electron chi connectivity index (χ1n) is 7.58. The Morgan fingerprint density at radius 1 is 1.33 bits per heavy atom. The molecule has 1 aliphatic rings. The Labute approximate surface area is 126 Å². The van der Waals surface area contributed by atoms with Crippen molar-refractivity contribution in [3.63, 3.8) is 0 Å². The lowest BCUT2D eigenvalue weighted by Gasteiger charge is -2.32. The Bertz CT molecular complexity index is 453. The maximum Gasteiger partial charge on any atom is 0.321 e. The van der Waals surface area contributed by atoms with Crippen LogP contribution in [0.15, 0.2) is 24.3 Å². The van der Waals surface area contributed by atoms with Gasteiger partial charge in [-0.3, -0.25) is 0 Å². The molecule has 0 aliphatic carbocycles. The number of hydrogen-bond acceptors (Lipinski definition) is 3. The molecule has 21 heavy (non-hydrogen) atoms. The summed E-state index contributed by atoms with van der Waals surface area (Å²) in [4.78, 5) is 15.7. The van der Waals surface area contributed by atoms with Crippen LogP contribution in [-0.2, 0) is 0 Å². The molecule has 2 N–H and O–H groups in total. The van der Waals surface area contributed by atoms with Crippen LogP contribution < -0.4 is 10.2 Å². The Kier molecular flexibility index (Phi) is 5.44. The standard InChI is InChI=1S/C16H25N3O2/c1-13-7-9-19(10-8-13)15-5-3-14(4-6-15)17-16(21)18(2)11-12-20/h3-6,13,20H,7-12H2,1-2H3,(H,17,21). The van der Waals surface area contributed by atoms with E-state index in [1.54, 1.807) is 7.05 Å². The van der Waals surface area contributed by atoms with Crippen LogP contribution in [0.25, 0.3) is 0 Å². The van der Waals surface area contributed by atoms with Gasteiger partial charge in [0.1, 0.15) is 0 Å². The SMILES string of the molecule is CC1CCN(c2ccc(NC(=O)N(C)CCO)cc2)CC1. The topological polar surface area (TPSA) is 55.8 Å². The molecule has 1 fully saturated rings. The van der Waals surface area contributed by atoms with Gasteiger partial charge in [-0.1, -0.05) is 6.92 Å². The van der Waals surface area contributed by atoms with Crippen LogP contribution in [0.4, 0.5) is 16.2 Å². The summed E-state index contributed by atoms with van der Waals surface area (Å²) in [6, 6.07) is 7.76. The quantitative estimate of drug-likeness (QED) is 0.895. The first kappa shape index (κ1) is 15.6. The van der Waals surface area contributed by atoms with Crippen LogP contribution >= 0.6 is 0 Å². The number of urea groups is 1. The van der Waals surface area contributed by atoms with Gasteiger partial charge >= 0.3 is 6.03 Å². The van der Waals surface area contributed by atoms with E-state index in [4.69, 9.17) is 5.11 Å². The van der Waals surface area contributed by atoms with Crippen molar-refractivity contribution in [2.75, 3.05) is 43.5 Å². The van der Waals surface area contributed by atoms with Crippen LogP contribution in [0.2, 0.25) is 0 Å². The van der Waals surface area contributed by atoms with Gasteiger partial charge in [-0.2, -0.15) is 0 Å². The maximum atomic E-state index is 11.8. The first-order chi connectivity index (χ1) is 10.1. The molecule has 2 rings (SSSR count). The molecule has 1 saturated heterocycles. The highest BCUT2D eigenvalue weighted by atomic mass is 16.3. The highest BCUT2D eigenvalue weighted by Gasteiger charge is 2.16. The Morgan fingerprint density at radius 2 is 1.95 bits per heavy atom. The number of amides is 2. The number of benzene rings is 1. The zero-order valence-corrected chi connectivity index (χ0v) is 12.9. The Balaban J connectivity index is 1.91. The molecule has 1 heterocycles. The normalized spacial score (nSPS) is 15.9. The molecule has 5 nitrogen and oxygen atoms in total. The third kappa shape index (κ3) is 4.36. The van der Waals surface area contributed by atoms with Crippen molar-refractivity contribution in [3.8, 4) is 0 Å². The number of nitrogens with one attached hydrogen (secondary N) is 1. The third-order valence-electron chi connectivity index (χ3n) is 4.05. The minimum atomic E-state index is -0.205. The molecule has 0 aromatic heterocycles. The summed E-state index contributed by atoms with van der Waals surface area (Å²) in [5, 5.41) is 11.6. The zero-order chi connectivity index (χ0) is 15.2. The fourth-order valence-corrected chi connectivity index (χ4v) is 2.49. The van der Waals surface area contributed by atoms with Gasteiger partial charge in [0.05, 0.1) is 6.61 Å². The van der Waals surface area contributed by atoms with Crippen molar-refractivity contribution in [1.82, 2.24) is 4.90 Å². The van der Waals surface area contributed by atoms with E-state index in [-0.39, 0.29) is 12.6 Å². The van der Waals surface area contributed by atoms with Gasteiger partial charge in [-0.05, 0) is 43.0 Å². The van der Waals surface area contributed by atoms with E-state index < -0.39 is 0 Å². The first-order valence-corrected chi connectivity index (χ1v) is 7.58. The molecular weight excluding hydrogens is 266 g/mol. The number of anilines is 2. The molecule has 0 spiro atoms. The second kappa shape index (κ2) is 7.31. The van der Waals surface area contributed by atoms with Crippen LogP contribution in [-0.4, -0.2) is 49.3 Å². The van der Waals surface area contributed by atoms with Crippen molar-refractivity contribution in [2.45, 2.75) is 19.8 Å². The number of hydrogen-bond donors (Lipinski definition) is 2. The second-order valence-corrected chi connectivity index (χ2v) is 5.79. The fraction of sp³-hybridized carbons (Fsp3) is 0.562. The molecule has 0 unspecified atom stereocenters. The van der Waals surface area contributed by atoms with Gasteiger partial charge in [0.2, 0.25) is 0 Å². The van der Waals surface area contributed by atoms with Crippen molar-refractivity contribution < 1.29 is 9.90 Å². The average Bonchev–Trinajstić information content (AvgIpc) is 2.49. The number of piperidine rings is 1. The third-order valence-corrected chi connectivity index (χ3v) is 4.05. The lowest BCUT2D eigenvalue weighted by Crippen LogP contribution is -2.33. The monoisotopic (exact) mass is 291 g/mol. The Morgan fingerprint density at radius 3 is 2.52 bits per heavy atom. The summed E-state index contributed by atoms with van der Waals surface area (Å²) in [6.45, 7) is 4.81. The predicted molar refractivity (Wildman–Crippen MR) is 85.8 cm³/mol. The van der Waals surface area contributed by atoms with Crippen molar-refractivity contribution in [3.05, 3.63) is 24.3 Å². The number of nitrogens with zero attached hydrogens (tertiary/aromatic N) is 2. The summed E-state index contributed by atoms with van der Waals surface area (Å²) in [5.74, 6) is 0.821. The van der Waals surface area contributed by atoms with Crippen molar-refractivity contribution >= 4 is 17.4 Å². The summed E-state index contributed by atoms with van der Waals surface area (Å²) in [7, 11) is 1.66. The molecule has 2 amide bonds.